The van der Waals surface area contributed by atoms with Gasteiger partial charge in [-0.15, -0.1) is 11.8 Å². The normalized spacial score (nSPS) is 11.6. The van der Waals surface area contributed by atoms with Crippen LogP contribution in [0.15, 0.2) is 64.5 Å². The van der Waals surface area contributed by atoms with Crippen molar-refractivity contribution in [2.24, 2.45) is 0 Å². The molecule has 0 atom stereocenters. The topological polar surface area (TPSA) is 84.3 Å². The van der Waals surface area contributed by atoms with E-state index in [0.29, 0.717) is 17.1 Å². The number of para-hydroxylation sites is 1. The van der Waals surface area contributed by atoms with Gasteiger partial charge >= 0.3 is 0 Å². The predicted molar refractivity (Wildman–Crippen MR) is 115 cm³/mol. The quantitative estimate of drug-likeness (QED) is 0.561. The van der Waals surface area contributed by atoms with Gasteiger partial charge in [-0.2, -0.15) is 9.40 Å². The van der Waals surface area contributed by atoms with Crippen LogP contribution in [-0.2, 0) is 14.8 Å². The van der Waals surface area contributed by atoms with Gasteiger partial charge in [0.25, 0.3) is 0 Å². The molecule has 0 aliphatic rings. The van der Waals surface area contributed by atoms with Gasteiger partial charge in [-0.05, 0) is 49.6 Å². The molecule has 0 saturated carbocycles. The number of hydrogen-bond acceptors (Lipinski definition) is 5. The van der Waals surface area contributed by atoms with Crippen molar-refractivity contribution in [3.05, 3.63) is 66.2 Å². The largest absolute Gasteiger partial charge is 0.324 e. The van der Waals surface area contributed by atoms with Crippen LogP contribution in [0.25, 0.3) is 5.69 Å². The molecular weight excluding hydrogens is 427 g/mol. The molecule has 7 nitrogen and oxygen atoms in total. The first-order valence-corrected chi connectivity index (χ1v) is 11.6. The van der Waals surface area contributed by atoms with E-state index in [0.717, 1.165) is 9.20 Å². The molecule has 3 rings (SSSR count). The van der Waals surface area contributed by atoms with Gasteiger partial charge in [-0.3, -0.25) is 4.79 Å². The second kappa shape index (κ2) is 8.99. The van der Waals surface area contributed by atoms with Crippen LogP contribution in [0.3, 0.4) is 0 Å². The highest BCUT2D eigenvalue weighted by Gasteiger charge is 2.27. The standard InChI is InChI=1S/C20H21FN4O3S2/c1-14-19(12-22-25(14)16-10-8-15(21)9-11-16)30(27,28)24(2)13-20(26)23-17-6-4-5-7-18(17)29-3/h4-12H,13H2,1-3H3,(H,23,26). The lowest BCUT2D eigenvalue weighted by Crippen LogP contribution is -2.35. The van der Waals surface area contributed by atoms with Crippen LogP contribution in [0.1, 0.15) is 5.69 Å². The van der Waals surface area contributed by atoms with Crippen LogP contribution in [0, 0.1) is 12.7 Å². The number of nitrogens with one attached hydrogen (secondary N) is 1. The summed E-state index contributed by atoms with van der Waals surface area (Å²) in [6.07, 6.45) is 3.12. The van der Waals surface area contributed by atoms with Crippen LogP contribution in [0.4, 0.5) is 10.1 Å². The van der Waals surface area contributed by atoms with Gasteiger partial charge in [0.15, 0.2) is 0 Å². The molecule has 0 spiro atoms. The summed E-state index contributed by atoms with van der Waals surface area (Å²) >= 11 is 1.48. The van der Waals surface area contributed by atoms with E-state index in [1.54, 1.807) is 19.1 Å². The molecule has 30 heavy (non-hydrogen) atoms. The first kappa shape index (κ1) is 22.0. The molecular formula is C20H21FN4O3S2. The van der Waals surface area contributed by atoms with E-state index in [4.69, 9.17) is 0 Å². The number of anilines is 1. The summed E-state index contributed by atoms with van der Waals surface area (Å²) in [6, 6.07) is 12.8. The van der Waals surface area contributed by atoms with Gasteiger partial charge in [0.2, 0.25) is 15.9 Å². The monoisotopic (exact) mass is 448 g/mol. The number of benzene rings is 2. The lowest BCUT2D eigenvalue weighted by molar-refractivity contribution is -0.116. The maximum Gasteiger partial charge on any atom is 0.246 e. The van der Waals surface area contributed by atoms with E-state index in [1.807, 2.05) is 18.4 Å². The van der Waals surface area contributed by atoms with Gasteiger partial charge in [0.1, 0.15) is 10.7 Å². The third kappa shape index (κ3) is 4.55. The Bertz CT molecular complexity index is 1160. The second-order valence-electron chi connectivity index (χ2n) is 6.49. The summed E-state index contributed by atoms with van der Waals surface area (Å²) in [7, 11) is -2.62. The Balaban J connectivity index is 1.78. The molecule has 1 aromatic heterocycles. The smallest absolute Gasteiger partial charge is 0.246 e. The third-order valence-electron chi connectivity index (χ3n) is 4.47. The zero-order chi connectivity index (χ0) is 21.9. The molecule has 1 N–H and O–H groups in total. The van der Waals surface area contributed by atoms with Crippen LogP contribution in [0.5, 0.6) is 0 Å². The molecule has 0 radical (unpaired) electrons. The molecule has 0 saturated heterocycles. The molecule has 0 aliphatic heterocycles. The van der Waals surface area contributed by atoms with E-state index in [1.165, 1.54) is 54.0 Å². The number of hydrogen-bond donors (Lipinski definition) is 1. The van der Waals surface area contributed by atoms with Crippen LogP contribution >= 0.6 is 11.8 Å². The third-order valence-corrected chi connectivity index (χ3v) is 7.17. The van der Waals surface area contributed by atoms with Crippen molar-refractivity contribution in [1.82, 2.24) is 14.1 Å². The molecule has 0 fully saturated rings. The number of sulfonamides is 1. The molecule has 1 amide bonds. The van der Waals surface area contributed by atoms with E-state index >= 15 is 0 Å². The van der Waals surface area contributed by atoms with E-state index in [9.17, 15) is 17.6 Å². The highest BCUT2D eigenvalue weighted by atomic mass is 32.2. The molecule has 0 unspecified atom stereocenters. The minimum Gasteiger partial charge on any atom is -0.324 e. The highest BCUT2D eigenvalue weighted by Crippen LogP contribution is 2.25. The summed E-state index contributed by atoms with van der Waals surface area (Å²) in [4.78, 5) is 13.3. The van der Waals surface area contributed by atoms with Crippen molar-refractivity contribution in [2.45, 2.75) is 16.7 Å². The predicted octanol–water partition coefficient (Wildman–Crippen LogP) is 3.30. The van der Waals surface area contributed by atoms with Crippen LogP contribution < -0.4 is 5.32 Å². The Morgan fingerprint density at radius 3 is 2.53 bits per heavy atom. The summed E-state index contributed by atoms with van der Waals surface area (Å²) in [5, 5.41) is 6.86. The average Bonchev–Trinajstić information content (AvgIpc) is 3.11. The van der Waals surface area contributed by atoms with Gasteiger partial charge in [-0.25, -0.2) is 17.5 Å². The fourth-order valence-electron chi connectivity index (χ4n) is 2.88. The minimum absolute atomic E-state index is 0.0216. The number of nitrogens with zero attached hydrogens (tertiary/aromatic N) is 3. The van der Waals surface area contributed by atoms with Crippen molar-refractivity contribution >= 4 is 33.4 Å². The van der Waals surface area contributed by atoms with Gasteiger partial charge in [-0.1, -0.05) is 12.1 Å². The number of halogens is 1. The summed E-state index contributed by atoms with van der Waals surface area (Å²) < 4.78 is 41.5. The van der Waals surface area contributed by atoms with Crippen LogP contribution in [0.2, 0.25) is 0 Å². The fourth-order valence-corrected chi connectivity index (χ4v) is 4.70. The number of rotatable bonds is 7. The van der Waals surface area contributed by atoms with E-state index < -0.39 is 21.7 Å². The van der Waals surface area contributed by atoms with Crippen molar-refractivity contribution in [3.63, 3.8) is 0 Å². The summed E-state index contributed by atoms with van der Waals surface area (Å²) in [6.45, 7) is 1.25. The molecule has 158 valence electrons. The molecule has 0 bridgehead atoms. The van der Waals surface area contributed by atoms with Gasteiger partial charge < -0.3 is 5.32 Å². The van der Waals surface area contributed by atoms with Crippen molar-refractivity contribution in [1.29, 1.82) is 0 Å². The van der Waals surface area contributed by atoms with Crippen molar-refractivity contribution in [2.75, 3.05) is 25.2 Å². The Hall–Kier alpha value is -2.69. The Morgan fingerprint density at radius 1 is 1.20 bits per heavy atom. The number of amides is 1. The maximum absolute atomic E-state index is 13.2. The summed E-state index contributed by atoms with van der Waals surface area (Å²) in [5.74, 6) is -0.851. The maximum atomic E-state index is 13.2. The Morgan fingerprint density at radius 2 is 1.87 bits per heavy atom. The molecule has 3 aromatic rings. The number of aromatic nitrogens is 2. The van der Waals surface area contributed by atoms with E-state index in [-0.39, 0.29) is 11.4 Å². The fraction of sp³-hybridized carbons (Fsp3) is 0.200. The molecule has 2 aromatic carbocycles. The first-order chi connectivity index (χ1) is 14.2. The number of carbonyl (C=O) groups excluding carboxylic acids is 1. The number of carbonyl (C=O) groups is 1. The SMILES string of the molecule is CSc1ccccc1NC(=O)CN(C)S(=O)(=O)c1cnn(-c2ccc(F)cc2)c1C. The van der Waals surface area contributed by atoms with Gasteiger partial charge in [0, 0.05) is 11.9 Å². The van der Waals surface area contributed by atoms with Crippen molar-refractivity contribution in [3.8, 4) is 5.69 Å². The lowest BCUT2D eigenvalue weighted by Gasteiger charge is -2.17. The Kier molecular flexibility index (Phi) is 6.59. The first-order valence-electron chi connectivity index (χ1n) is 8.94. The van der Waals surface area contributed by atoms with Crippen LogP contribution in [-0.4, -0.2) is 48.3 Å². The molecule has 1 heterocycles. The van der Waals surface area contributed by atoms with Crippen molar-refractivity contribution < 1.29 is 17.6 Å². The van der Waals surface area contributed by atoms with E-state index in [2.05, 4.69) is 10.4 Å². The minimum atomic E-state index is -3.96. The number of thioether (sulfide) groups is 1. The number of likely N-dealkylation sites (N-methyl/N-ethyl adjacent to an activating group) is 1. The zero-order valence-electron chi connectivity index (χ0n) is 16.7. The summed E-state index contributed by atoms with van der Waals surface area (Å²) in [5.41, 5.74) is 1.52. The Labute approximate surface area is 178 Å². The second-order valence-corrected chi connectivity index (χ2v) is 9.35. The lowest BCUT2D eigenvalue weighted by atomic mass is 10.3. The molecule has 0 aliphatic carbocycles. The molecule has 10 heteroatoms. The average molecular weight is 449 g/mol. The highest BCUT2D eigenvalue weighted by molar-refractivity contribution is 7.98. The zero-order valence-corrected chi connectivity index (χ0v) is 18.3. The van der Waals surface area contributed by atoms with Gasteiger partial charge in [0.05, 0.1) is 29.8 Å².